The highest BCUT2D eigenvalue weighted by molar-refractivity contribution is 5.24. The van der Waals surface area contributed by atoms with Gasteiger partial charge in [-0.05, 0) is 354 Å². The molecule has 36 unspecified atom stereocenters. The third-order valence-corrected chi connectivity index (χ3v) is 32.6. The van der Waals surface area contributed by atoms with Gasteiger partial charge >= 0.3 is 0 Å². The molecule has 0 aromatic heterocycles. The maximum Gasteiger partial charge on any atom is -0.0315 e. The standard InChI is InChI=1S/C66H96/c1-5-13-35-31(9-1)39-17-18-40-32-10-2-6-14-36(32)44-22-26-48-52-30-54-50-28-24-46-38-16-8-4-12-34(38)42-20-19-41-33-11-3-7-15-37(33)45-23-27-49(65-61(45)57(41)58(42)62(46)66(50)65)53(54)29-51(52)47-25-21-43(35)59-55(39)56(40)60(44)64(48)63(47)59/h31-66H,1-30H2. The van der Waals surface area contributed by atoms with E-state index in [0.29, 0.717) is 0 Å². The largest absolute Gasteiger partial charge is 0.0530 e. The van der Waals surface area contributed by atoms with Gasteiger partial charge in [0.25, 0.3) is 0 Å². The van der Waals surface area contributed by atoms with Gasteiger partial charge < -0.3 is 0 Å². The van der Waals surface area contributed by atoms with E-state index in [1.165, 1.54) is 213 Å². The minimum atomic E-state index is 1.17. The second kappa shape index (κ2) is 14.0. The van der Waals surface area contributed by atoms with Crippen LogP contribution in [0.25, 0.3) is 0 Å². The Labute approximate surface area is 403 Å². The summed E-state index contributed by atoms with van der Waals surface area (Å²) in [6, 6.07) is 0. The normalized spacial score (nSPS) is 69.8. The van der Waals surface area contributed by atoms with Gasteiger partial charge in [-0.15, -0.1) is 0 Å². The van der Waals surface area contributed by atoms with Crippen molar-refractivity contribution in [2.24, 2.45) is 213 Å². The lowest BCUT2D eigenvalue weighted by Crippen LogP contribution is -2.73. The zero-order valence-corrected chi connectivity index (χ0v) is 42.0. The molecular formula is C66H96. The van der Waals surface area contributed by atoms with Crippen molar-refractivity contribution in [1.29, 1.82) is 0 Å². The molecule has 0 N–H and O–H groups in total. The highest BCUT2D eigenvalue weighted by Crippen LogP contribution is 2.82. The Kier molecular flexibility index (Phi) is 8.37. The lowest BCUT2D eigenvalue weighted by molar-refractivity contribution is -0.308. The molecular weight excluding hydrogens is 793 g/mol. The van der Waals surface area contributed by atoms with Gasteiger partial charge in [0.15, 0.2) is 0 Å². The first-order valence-corrected chi connectivity index (χ1v) is 32.8. The third kappa shape index (κ3) is 4.64. The van der Waals surface area contributed by atoms with E-state index in [-0.39, 0.29) is 0 Å². The Morgan fingerprint density at radius 3 is 0.364 bits per heavy atom. The van der Waals surface area contributed by atoms with Gasteiger partial charge in [-0.2, -0.15) is 0 Å². The van der Waals surface area contributed by atoms with Crippen LogP contribution in [0, 0.1) is 213 Å². The number of hydrogen-bond acceptors (Lipinski definition) is 0. The average molecular weight is 889 g/mol. The Hall–Kier alpha value is 0. The number of rotatable bonds is 0. The molecule has 0 aromatic rings. The SMILES string of the molecule is C1CCC2C(C1)C1CCC3C4CCCCC4C4CCC5C6CC7C(CC6C6CCC2C2C1C3C4C5C62)C1CCC2C3CCCCC3C3CCC4C5CCCCC5C5CCC7C6C5C4C3C2C16. The molecule has 19 aliphatic rings. The topological polar surface area (TPSA) is 0 Å². The molecule has 19 saturated carbocycles. The van der Waals surface area contributed by atoms with E-state index in [1.807, 2.05) is 0 Å². The molecule has 360 valence electrons. The van der Waals surface area contributed by atoms with Crippen LogP contribution in [0.5, 0.6) is 0 Å². The number of hydrogen-bond donors (Lipinski definition) is 0. The third-order valence-electron chi connectivity index (χ3n) is 32.6. The molecule has 19 fully saturated rings. The molecule has 0 radical (unpaired) electrons. The maximum atomic E-state index is 1.80. The zero-order valence-electron chi connectivity index (χ0n) is 42.0. The van der Waals surface area contributed by atoms with E-state index in [4.69, 9.17) is 0 Å². The smallest absolute Gasteiger partial charge is 0.0315 e. The van der Waals surface area contributed by atoms with E-state index in [1.54, 1.807) is 193 Å². The van der Waals surface area contributed by atoms with Crippen molar-refractivity contribution < 1.29 is 0 Å². The molecule has 0 amide bonds. The summed E-state index contributed by atoms with van der Waals surface area (Å²) < 4.78 is 0. The second-order valence-corrected chi connectivity index (χ2v) is 31.9. The fraction of sp³-hybridized carbons (Fsp3) is 1.00. The van der Waals surface area contributed by atoms with Gasteiger partial charge in [0.05, 0.1) is 0 Å². The van der Waals surface area contributed by atoms with Crippen molar-refractivity contribution in [2.45, 2.75) is 193 Å². The predicted molar refractivity (Wildman–Crippen MR) is 264 cm³/mol. The van der Waals surface area contributed by atoms with Gasteiger partial charge in [-0.1, -0.05) is 51.4 Å². The summed E-state index contributed by atoms with van der Waals surface area (Å²) in [6.45, 7) is 0. The molecule has 66 heavy (non-hydrogen) atoms. The summed E-state index contributed by atoms with van der Waals surface area (Å²) in [5.41, 5.74) is 0. The molecule has 0 heteroatoms. The van der Waals surface area contributed by atoms with Crippen molar-refractivity contribution in [1.82, 2.24) is 0 Å². The van der Waals surface area contributed by atoms with Crippen LogP contribution in [0.2, 0.25) is 0 Å². The Bertz CT molecular complexity index is 1690. The van der Waals surface area contributed by atoms with Gasteiger partial charge in [0, 0.05) is 0 Å². The van der Waals surface area contributed by atoms with E-state index < -0.39 is 0 Å². The first kappa shape index (κ1) is 39.5. The highest BCUT2D eigenvalue weighted by atomic mass is 14.8. The summed E-state index contributed by atoms with van der Waals surface area (Å²) in [5.74, 6) is 42.5. The predicted octanol–water partition coefficient (Wildman–Crippen LogP) is 16.1. The quantitative estimate of drug-likeness (QED) is 0.227. The first-order valence-electron chi connectivity index (χ1n) is 32.8. The summed E-state index contributed by atoms with van der Waals surface area (Å²) in [5, 5.41) is 0. The van der Waals surface area contributed by atoms with Crippen molar-refractivity contribution >= 4 is 0 Å². The fourth-order valence-corrected chi connectivity index (χ4v) is 32.8. The maximum absolute atomic E-state index is 1.80. The molecule has 0 saturated heterocycles. The van der Waals surface area contributed by atoms with Crippen LogP contribution < -0.4 is 0 Å². The Balaban J connectivity index is 0.739. The van der Waals surface area contributed by atoms with E-state index in [0.717, 1.165) is 0 Å². The van der Waals surface area contributed by atoms with Crippen LogP contribution in [-0.2, 0) is 0 Å². The lowest BCUT2D eigenvalue weighted by Gasteiger charge is -2.79. The zero-order chi connectivity index (χ0) is 42.0. The summed E-state index contributed by atoms with van der Waals surface area (Å²) >= 11 is 0. The summed E-state index contributed by atoms with van der Waals surface area (Å²) in [7, 11) is 0. The lowest BCUT2D eigenvalue weighted by atomic mass is 9.26. The molecule has 0 heterocycles. The van der Waals surface area contributed by atoms with Crippen molar-refractivity contribution in [3.05, 3.63) is 0 Å². The van der Waals surface area contributed by atoms with Crippen molar-refractivity contribution in [3.8, 4) is 0 Å². The molecule has 0 aliphatic heterocycles. The molecule has 0 aromatic carbocycles. The summed E-state index contributed by atoms with van der Waals surface area (Å²) in [4.78, 5) is 0. The Morgan fingerprint density at radius 2 is 0.227 bits per heavy atom. The highest BCUT2D eigenvalue weighted by Gasteiger charge is 2.77. The van der Waals surface area contributed by atoms with E-state index in [2.05, 4.69) is 0 Å². The van der Waals surface area contributed by atoms with Crippen LogP contribution in [0.15, 0.2) is 0 Å². The van der Waals surface area contributed by atoms with Crippen LogP contribution >= 0.6 is 0 Å². The van der Waals surface area contributed by atoms with Gasteiger partial charge in [-0.3, -0.25) is 0 Å². The summed E-state index contributed by atoms with van der Waals surface area (Å²) in [6.07, 6.45) is 50.5. The van der Waals surface area contributed by atoms with E-state index in [9.17, 15) is 0 Å². The van der Waals surface area contributed by atoms with Crippen molar-refractivity contribution in [3.63, 3.8) is 0 Å². The molecule has 19 aliphatic carbocycles. The van der Waals surface area contributed by atoms with E-state index >= 15 is 0 Å². The molecule has 36 atom stereocenters. The molecule has 0 nitrogen and oxygen atoms in total. The monoisotopic (exact) mass is 889 g/mol. The minimum Gasteiger partial charge on any atom is -0.0530 e. The van der Waals surface area contributed by atoms with Crippen LogP contribution in [-0.4, -0.2) is 0 Å². The van der Waals surface area contributed by atoms with Crippen LogP contribution in [0.1, 0.15) is 193 Å². The van der Waals surface area contributed by atoms with Crippen molar-refractivity contribution in [2.75, 3.05) is 0 Å². The fourth-order valence-electron chi connectivity index (χ4n) is 32.8. The van der Waals surface area contributed by atoms with Gasteiger partial charge in [0.2, 0.25) is 0 Å². The molecule has 19 rings (SSSR count). The van der Waals surface area contributed by atoms with Crippen LogP contribution in [0.4, 0.5) is 0 Å². The minimum absolute atomic E-state index is 1.17. The molecule has 0 spiro atoms. The van der Waals surface area contributed by atoms with Gasteiger partial charge in [-0.25, -0.2) is 0 Å². The second-order valence-electron chi connectivity index (χ2n) is 31.9. The van der Waals surface area contributed by atoms with Gasteiger partial charge in [0.1, 0.15) is 0 Å². The average Bonchev–Trinajstić information content (AvgIpc) is 3.39. The van der Waals surface area contributed by atoms with Crippen LogP contribution in [0.3, 0.4) is 0 Å². The Morgan fingerprint density at radius 1 is 0.106 bits per heavy atom. The number of fused-ring (bicyclic) bond motifs is 18. The molecule has 0 bridgehead atoms. The first-order chi connectivity index (χ1) is 32.8.